The van der Waals surface area contributed by atoms with Crippen LogP contribution < -0.4 is 5.56 Å². The highest BCUT2D eigenvalue weighted by atomic mass is 127. The van der Waals surface area contributed by atoms with E-state index in [1.165, 1.54) is 0 Å². The topological polar surface area (TPSA) is 41.0 Å². The molecule has 0 unspecified atom stereocenters. The first kappa shape index (κ1) is 10.2. The maximum atomic E-state index is 11.5. The number of rotatable bonds is 1. The Balaban J connectivity index is 2.34. The van der Waals surface area contributed by atoms with Crippen molar-refractivity contribution in [3.05, 3.63) is 21.6 Å². The highest BCUT2D eigenvalue weighted by molar-refractivity contribution is 14.1. The van der Waals surface area contributed by atoms with Gasteiger partial charge in [-0.15, -0.1) is 0 Å². The van der Waals surface area contributed by atoms with Gasteiger partial charge in [0, 0.05) is 25.6 Å². The maximum Gasteiger partial charge on any atom is 0.269 e. The summed E-state index contributed by atoms with van der Waals surface area (Å²) in [5.74, 6) is 0. The highest BCUT2D eigenvalue weighted by Gasteiger charge is 2.23. The number of aromatic nitrogens is 2. The van der Waals surface area contributed by atoms with Crippen LogP contribution in [0.3, 0.4) is 0 Å². The van der Waals surface area contributed by atoms with Crippen LogP contribution in [0.1, 0.15) is 25.1 Å². The fourth-order valence-corrected chi connectivity index (χ4v) is 2.61. The van der Waals surface area contributed by atoms with Crippen molar-refractivity contribution in [2.24, 2.45) is 0 Å². The van der Waals surface area contributed by atoms with Gasteiger partial charge in [-0.1, -0.05) is 0 Å². The van der Waals surface area contributed by atoms with Gasteiger partial charge in [0.15, 0.2) is 0 Å². The normalized spacial score (nSPS) is 17.4. The average molecular weight is 307 g/mol. The molecule has 1 aromatic heterocycles. The number of aromatic amines is 1. The Morgan fingerprint density at radius 2 is 2.21 bits per heavy atom. The summed E-state index contributed by atoms with van der Waals surface area (Å²) in [5, 5.41) is 2.80. The zero-order valence-corrected chi connectivity index (χ0v) is 10.5. The highest BCUT2D eigenvalue weighted by Crippen LogP contribution is 2.18. The third kappa shape index (κ3) is 1.63. The second kappa shape index (κ2) is 3.69. The molecular formula is C9H14IN3O. The molecule has 0 amide bonds. The van der Waals surface area contributed by atoms with E-state index in [0.29, 0.717) is 6.04 Å². The first-order valence-corrected chi connectivity index (χ1v) is 5.79. The Morgan fingerprint density at radius 1 is 1.50 bits per heavy atom. The zero-order valence-electron chi connectivity index (χ0n) is 8.38. The molecule has 14 heavy (non-hydrogen) atoms. The minimum Gasteiger partial charge on any atom is -0.296 e. The zero-order chi connectivity index (χ0) is 10.3. The molecular weight excluding hydrogens is 293 g/mol. The molecule has 1 aliphatic rings. The third-order valence-electron chi connectivity index (χ3n) is 2.79. The van der Waals surface area contributed by atoms with Crippen LogP contribution >= 0.6 is 22.9 Å². The molecule has 0 atom stereocenters. The molecule has 0 aliphatic carbocycles. The van der Waals surface area contributed by atoms with E-state index in [9.17, 15) is 4.79 Å². The molecule has 0 saturated carbocycles. The van der Waals surface area contributed by atoms with E-state index in [4.69, 9.17) is 0 Å². The molecule has 0 aromatic carbocycles. The Labute approximate surface area is 96.8 Å². The Hall–Kier alpha value is -0.300. The van der Waals surface area contributed by atoms with Gasteiger partial charge in [0.05, 0.1) is 34.1 Å². The van der Waals surface area contributed by atoms with Crippen molar-refractivity contribution < 1.29 is 0 Å². The van der Waals surface area contributed by atoms with E-state index in [1.54, 1.807) is 0 Å². The van der Waals surface area contributed by atoms with Crippen LogP contribution in [0.15, 0.2) is 4.79 Å². The van der Waals surface area contributed by atoms with Gasteiger partial charge in [0.25, 0.3) is 5.56 Å². The van der Waals surface area contributed by atoms with E-state index in [0.717, 1.165) is 30.8 Å². The van der Waals surface area contributed by atoms with Crippen LogP contribution in [-0.2, 0) is 13.0 Å². The van der Waals surface area contributed by atoms with Crippen LogP contribution in [0, 0.1) is 0 Å². The fourth-order valence-electron chi connectivity index (χ4n) is 1.86. The van der Waals surface area contributed by atoms with Crippen LogP contribution in [0.4, 0.5) is 0 Å². The van der Waals surface area contributed by atoms with Crippen molar-refractivity contribution in [2.45, 2.75) is 32.9 Å². The van der Waals surface area contributed by atoms with Crippen LogP contribution in [0.25, 0.3) is 0 Å². The van der Waals surface area contributed by atoms with Gasteiger partial charge in [-0.05, 0) is 13.8 Å². The van der Waals surface area contributed by atoms with Crippen molar-refractivity contribution in [3.8, 4) is 0 Å². The number of hydrogen-bond donors (Lipinski definition) is 1. The van der Waals surface area contributed by atoms with Gasteiger partial charge in [-0.2, -0.15) is 0 Å². The Bertz CT molecular complexity index is 393. The number of nitrogens with one attached hydrogen (secondary N) is 1. The lowest BCUT2D eigenvalue weighted by Crippen LogP contribution is -2.37. The van der Waals surface area contributed by atoms with E-state index in [-0.39, 0.29) is 5.56 Å². The summed E-state index contributed by atoms with van der Waals surface area (Å²) >= 11 is 2.13. The fraction of sp³-hybridized carbons (Fsp3) is 0.667. The summed E-state index contributed by atoms with van der Waals surface area (Å²) in [5.41, 5.74) is 2.17. The Morgan fingerprint density at radius 3 is 2.86 bits per heavy atom. The Kier molecular flexibility index (Phi) is 2.70. The molecule has 5 heteroatoms. The number of hydrogen-bond acceptors (Lipinski definition) is 2. The predicted octanol–water partition coefficient (Wildman–Crippen LogP) is 1.14. The van der Waals surface area contributed by atoms with Gasteiger partial charge >= 0.3 is 0 Å². The summed E-state index contributed by atoms with van der Waals surface area (Å²) in [6.45, 7) is 6.17. The third-order valence-corrected chi connectivity index (χ3v) is 3.61. The summed E-state index contributed by atoms with van der Waals surface area (Å²) in [6, 6.07) is 0.514. The monoisotopic (exact) mass is 307 g/mol. The molecule has 2 rings (SSSR count). The molecule has 1 N–H and O–H groups in total. The standard InChI is InChI=1S/C9H14IN3O/c1-6(2)12-4-3-8-7(5-12)9(14)11-13(8)10/h6H,3-5H2,1-2H3,(H,11,14). The summed E-state index contributed by atoms with van der Waals surface area (Å²) < 4.78 is 1.83. The van der Waals surface area contributed by atoms with E-state index in [1.807, 2.05) is 2.90 Å². The lowest BCUT2D eigenvalue weighted by molar-refractivity contribution is 0.202. The van der Waals surface area contributed by atoms with E-state index < -0.39 is 0 Å². The summed E-state index contributed by atoms with van der Waals surface area (Å²) in [7, 11) is 0. The van der Waals surface area contributed by atoms with Gasteiger partial charge in [0.1, 0.15) is 0 Å². The molecule has 78 valence electrons. The smallest absolute Gasteiger partial charge is 0.269 e. The average Bonchev–Trinajstić information content (AvgIpc) is 2.42. The minimum absolute atomic E-state index is 0.0692. The van der Waals surface area contributed by atoms with E-state index in [2.05, 4.69) is 46.7 Å². The van der Waals surface area contributed by atoms with Gasteiger partial charge in [-0.3, -0.25) is 14.8 Å². The number of H-pyrrole nitrogens is 1. The predicted molar refractivity (Wildman–Crippen MR) is 63.7 cm³/mol. The van der Waals surface area contributed by atoms with Crippen molar-refractivity contribution in [1.82, 2.24) is 12.9 Å². The molecule has 0 radical (unpaired) electrons. The van der Waals surface area contributed by atoms with Gasteiger partial charge in [0.2, 0.25) is 0 Å². The van der Waals surface area contributed by atoms with Gasteiger partial charge < -0.3 is 0 Å². The maximum absolute atomic E-state index is 11.5. The van der Waals surface area contributed by atoms with Crippen LogP contribution in [0.5, 0.6) is 0 Å². The van der Waals surface area contributed by atoms with Crippen molar-refractivity contribution in [1.29, 1.82) is 0 Å². The van der Waals surface area contributed by atoms with Crippen molar-refractivity contribution in [2.75, 3.05) is 6.54 Å². The molecule has 2 heterocycles. The molecule has 0 spiro atoms. The molecule has 0 bridgehead atoms. The van der Waals surface area contributed by atoms with Gasteiger partial charge in [-0.25, -0.2) is 2.90 Å². The van der Waals surface area contributed by atoms with Crippen LogP contribution in [0.2, 0.25) is 0 Å². The first-order valence-electron chi connectivity index (χ1n) is 4.82. The SMILES string of the molecule is CC(C)N1CCc2c(c(=O)[nH]n2I)C1. The molecule has 0 fully saturated rings. The molecule has 1 aromatic rings. The lowest BCUT2D eigenvalue weighted by Gasteiger charge is -2.29. The second-order valence-corrected chi connectivity index (χ2v) is 4.93. The van der Waals surface area contributed by atoms with Crippen LogP contribution in [-0.4, -0.2) is 25.5 Å². The minimum atomic E-state index is 0.0692. The number of halogens is 1. The summed E-state index contributed by atoms with van der Waals surface area (Å²) in [4.78, 5) is 13.9. The van der Waals surface area contributed by atoms with Crippen molar-refractivity contribution >= 4 is 22.9 Å². The van der Waals surface area contributed by atoms with E-state index >= 15 is 0 Å². The second-order valence-electron chi connectivity index (χ2n) is 3.96. The molecule has 4 nitrogen and oxygen atoms in total. The lowest BCUT2D eigenvalue weighted by atomic mass is 10.1. The first-order chi connectivity index (χ1) is 6.59. The molecule has 0 saturated heterocycles. The quantitative estimate of drug-likeness (QED) is 0.791. The van der Waals surface area contributed by atoms with Crippen molar-refractivity contribution in [3.63, 3.8) is 0 Å². The number of fused-ring (bicyclic) bond motifs is 1. The molecule has 1 aliphatic heterocycles. The number of nitrogens with zero attached hydrogens (tertiary/aromatic N) is 2. The summed E-state index contributed by atoms with van der Waals surface area (Å²) in [6.07, 6.45) is 0.967. The largest absolute Gasteiger partial charge is 0.296 e.